The fraction of sp³-hybridized carbons (Fsp3) is 0.211. The van der Waals surface area contributed by atoms with E-state index in [1.54, 1.807) is 18.2 Å². The highest BCUT2D eigenvalue weighted by atomic mass is 32.2. The Hall–Kier alpha value is -2.62. The molecule has 1 heterocycles. The fourth-order valence-electron chi connectivity index (χ4n) is 2.70. The minimum absolute atomic E-state index is 0.194. The van der Waals surface area contributed by atoms with Crippen LogP contribution in [0.4, 0.5) is 15.8 Å². The van der Waals surface area contributed by atoms with Crippen LogP contribution in [0.25, 0.3) is 11.3 Å². The van der Waals surface area contributed by atoms with Gasteiger partial charge in [-0.2, -0.15) is 4.31 Å². The maximum absolute atomic E-state index is 12.7. The van der Waals surface area contributed by atoms with Crippen molar-refractivity contribution in [3.8, 4) is 11.3 Å². The molecule has 3 rings (SSSR count). The molecule has 9 heteroatoms. The van der Waals surface area contributed by atoms with Crippen molar-refractivity contribution in [1.82, 2.24) is 9.29 Å². The van der Waals surface area contributed by atoms with Crippen molar-refractivity contribution in [2.75, 3.05) is 18.8 Å². The van der Waals surface area contributed by atoms with Crippen molar-refractivity contribution in [1.29, 1.82) is 0 Å². The van der Waals surface area contributed by atoms with Gasteiger partial charge in [-0.05, 0) is 18.2 Å². The molecule has 0 aliphatic rings. The molecule has 0 bridgehead atoms. The van der Waals surface area contributed by atoms with Gasteiger partial charge in [0, 0.05) is 18.7 Å². The van der Waals surface area contributed by atoms with Crippen molar-refractivity contribution in [2.24, 2.45) is 10.2 Å². The third-order valence-corrected chi connectivity index (χ3v) is 6.90. The summed E-state index contributed by atoms with van der Waals surface area (Å²) in [5.74, 6) is 0. The second-order valence-corrected chi connectivity index (χ2v) is 8.81. The standard InChI is InChI=1S/C19H21N5O2S2/c1-3-24(4-2)28(25,26)16-12-8-11-15(13-16)22-23-18-17(21-19(20)27-18)14-9-6-5-7-10-14/h5-13H,3-4H2,1-2H3,(H2,20,21). The molecule has 146 valence electrons. The van der Waals surface area contributed by atoms with E-state index in [1.165, 1.54) is 21.7 Å². The maximum Gasteiger partial charge on any atom is 0.243 e. The number of benzene rings is 2. The highest BCUT2D eigenvalue weighted by molar-refractivity contribution is 7.89. The molecule has 0 radical (unpaired) electrons. The summed E-state index contributed by atoms with van der Waals surface area (Å²) in [7, 11) is -3.55. The minimum Gasteiger partial charge on any atom is -0.375 e. The monoisotopic (exact) mass is 415 g/mol. The summed E-state index contributed by atoms with van der Waals surface area (Å²) in [6.07, 6.45) is 0. The molecular weight excluding hydrogens is 394 g/mol. The van der Waals surface area contributed by atoms with Gasteiger partial charge in [0.1, 0.15) is 5.69 Å². The minimum atomic E-state index is -3.55. The SMILES string of the molecule is CCN(CC)S(=O)(=O)c1cccc(N=Nc2sc(N)nc2-c2ccccc2)c1. The van der Waals surface area contributed by atoms with Gasteiger partial charge in [0.25, 0.3) is 0 Å². The Balaban J connectivity index is 1.93. The molecule has 0 spiro atoms. The Kier molecular flexibility index (Phi) is 6.18. The van der Waals surface area contributed by atoms with Crippen molar-refractivity contribution in [2.45, 2.75) is 18.7 Å². The highest BCUT2D eigenvalue weighted by Gasteiger charge is 2.21. The number of azo groups is 1. The molecule has 7 nitrogen and oxygen atoms in total. The van der Waals surface area contributed by atoms with Gasteiger partial charge in [0.2, 0.25) is 10.0 Å². The van der Waals surface area contributed by atoms with Gasteiger partial charge in [-0.25, -0.2) is 13.4 Å². The normalized spacial score (nSPS) is 12.1. The summed E-state index contributed by atoms with van der Waals surface area (Å²) in [4.78, 5) is 4.53. The number of nitrogens with two attached hydrogens (primary N) is 1. The van der Waals surface area contributed by atoms with Gasteiger partial charge < -0.3 is 5.73 Å². The first-order valence-electron chi connectivity index (χ1n) is 8.79. The first-order valence-corrected chi connectivity index (χ1v) is 11.0. The van der Waals surface area contributed by atoms with E-state index < -0.39 is 10.0 Å². The van der Waals surface area contributed by atoms with Crippen LogP contribution in [-0.4, -0.2) is 30.8 Å². The van der Waals surface area contributed by atoms with Crippen LogP contribution >= 0.6 is 11.3 Å². The number of aromatic nitrogens is 1. The molecule has 2 N–H and O–H groups in total. The number of rotatable bonds is 7. The van der Waals surface area contributed by atoms with E-state index in [2.05, 4.69) is 15.2 Å². The summed E-state index contributed by atoms with van der Waals surface area (Å²) in [6, 6.07) is 16.0. The first kappa shape index (κ1) is 20.1. The average molecular weight is 416 g/mol. The molecule has 0 saturated heterocycles. The van der Waals surface area contributed by atoms with Gasteiger partial charge >= 0.3 is 0 Å². The lowest BCUT2D eigenvalue weighted by Crippen LogP contribution is -2.30. The van der Waals surface area contributed by atoms with E-state index in [0.29, 0.717) is 34.6 Å². The van der Waals surface area contributed by atoms with Crippen molar-refractivity contribution in [3.63, 3.8) is 0 Å². The second kappa shape index (κ2) is 8.59. The van der Waals surface area contributed by atoms with Gasteiger partial charge in [-0.1, -0.05) is 61.6 Å². The molecule has 0 atom stereocenters. The maximum atomic E-state index is 12.7. The zero-order chi connectivity index (χ0) is 20.1. The molecule has 0 amide bonds. The van der Waals surface area contributed by atoms with E-state index in [-0.39, 0.29) is 4.90 Å². The molecule has 0 saturated carbocycles. The average Bonchev–Trinajstić information content (AvgIpc) is 3.08. The van der Waals surface area contributed by atoms with Crippen molar-refractivity contribution in [3.05, 3.63) is 54.6 Å². The quantitative estimate of drug-likeness (QED) is 0.558. The molecule has 0 aliphatic carbocycles. The third-order valence-electron chi connectivity index (χ3n) is 4.09. The topological polar surface area (TPSA) is 101 Å². The van der Waals surface area contributed by atoms with Crippen LogP contribution in [0.2, 0.25) is 0 Å². The Morgan fingerprint density at radius 1 is 1.04 bits per heavy atom. The highest BCUT2D eigenvalue weighted by Crippen LogP contribution is 2.37. The number of nitrogen functional groups attached to an aromatic ring is 1. The Morgan fingerprint density at radius 3 is 2.43 bits per heavy atom. The summed E-state index contributed by atoms with van der Waals surface area (Å²) in [5, 5.41) is 9.46. The first-order chi connectivity index (χ1) is 13.5. The van der Waals surface area contributed by atoms with E-state index >= 15 is 0 Å². The van der Waals surface area contributed by atoms with Gasteiger partial charge in [0.15, 0.2) is 10.1 Å². The smallest absolute Gasteiger partial charge is 0.243 e. The summed E-state index contributed by atoms with van der Waals surface area (Å²) >= 11 is 1.23. The molecule has 0 aliphatic heterocycles. The van der Waals surface area contributed by atoms with Crippen LogP contribution in [0.1, 0.15) is 13.8 Å². The molecule has 1 aromatic heterocycles. The van der Waals surface area contributed by atoms with E-state index in [4.69, 9.17) is 5.73 Å². The van der Waals surface area contributed by atoms with E-state index in [1.807, 2.05) is 44.2 Å². The van der Waals surface area contributed by atoms with Crippen LogP contribution in [0.5, 0.6) is 0 Å². The Morgan fingerprint density at radius 2 is 1.75 bits per heavy atom. The number of hydrogen-bond acceptors (Lipinski definition) is 7. The number of anilines is 1. The molecule has 28 heavy (non-hydrogen) atoms. The van der Waals surface area contributed by atoms with Crippen LogP contribution in [-0.2, 0) is 10.0 Å². The molecule has 3 aromatic rings. The lowest BCUT2D eigenvalue weighted by atomic mass is 10.2. The summed E-state index contributed by atoms with van der Waals surface area (Å²) < 4.78 is 26.8. The Labute approximate surface area is 168 Å². The number of hydrogen-bond donors (Lipinski definition) is 1. The predicted molar refractivity (Wildman–Crippen MR) is 113 cm³/mol. The van der Waals surface area contributed by atoms with Crippen molar-refractivity contribution < 1.29 is 8.42 Å². The van der Waals surface area contributed by atoms with E-state index in [0.717, 1.165) is 5.56 Å². The lowest BCUT2D eigenvalue weighted by molar-refractivity contribution is 0.445. The van der Waals surface area contributed by atoms with Crippen LogP contribution in [0, 0.1) is 0 Å². The lowest BCUT2D eigenvalue weighted by Gasteiger charge is -2.18. The third kappa shape index (κ3) is 4.27. The molecular formula is C19H21N5O2S2. The van der Waals surface area contributed by atoms with Crippen LogP contribution < -0.4 is 5.73 Å². The summed E-state index contributed by atoms with van der Waals surface area (Å²) in [6.45, 7) is 4.43. The fourth-order valence-corrected chi connectivity index (χ4v) is 4.88. The Bertz CT molecular complexity index is 1070. The zero-order valence-corrected chi connectivity index (χ0v) is 17.2. The van der Waals surface area contributed by atoms with Gasteiger partial charge in [-0.3, -0.25) is 0 Å². The molecule has 0 fully saturated rings. The van der Waals surface area contributed by atoms with Gasteiger partial charge in [0.05, 0.1) is 10.6 Å². The predicted octanol–water partition coefficient (Wildman–Crippen LogP) is 4.84. The molecule has 0 unspecified atom stereocenters. The largest absolute Gasteiger partial charge is 0.375 e. The van der Waals surface area contributed by atoms with Crippen LogP contribution in [0.15, 0.2) is 69.7 Å². The number of nitrogens with zero attached hydrogens (tertiary/aromatic N) is 4. The van der Waals surface area contributed by atoms with Crippen molar-refractivity contribution >= 4 is 37.2 Å². The van der Waals surface area contributed by atoms with E-state index in [9.17, 15) is 8.42 Å². The zero-order valence-electron chi connectivity index (χ0n) is 15.6. The number of sulfonamides is 1. The molecule has 2 aromatic carbocycles. The summed E-state index contributed by atoms with van der Waals surface area (Å²) in [5.41, 5.74) is 7.84. The second-order valence-electron chi connectivity index (χ2n) is 5.86. The van der Waals surface area contributed by atoms with Crippen LogP contribution in [0.3, 0.4) is 0 Å². The van der Waals surface area contributed by atoms with Gasteiger partial charge in [-0.15, -0.1) is 10.2 Å². The number of thiazole rings is 1.